The minimum atomic E-state index is -1.04. The highest BCUT2D eigenvalue weighted by atomic mass is 16.4. The molecule has 6 nitrogen and oxygen atoms in total. The number of nitrogens with one attached hydrogen (secondary N) is 1. The van der Waals surface area contributed by atoms with Gasteiger partial charge in [0.15, 0.2) is 0 Å². The van der Waals surface area contributed by atoms with Crippen molar-refractivity contribution >= 4 is 11.9 Å². The van der Waals surface area contributed by atoms with Crippen molar-refractivity contribution in [2.24, 2.45) is 0 Å². The molecule has 1 aromatic rings. The van der Waals surface area contributed by atoms with Gasteiger partial charge in [0, 0.05) is 18.5 Å². The average Bonchev–Trinajstić information content (AvgIpc) is 2.60. The molecule has 2 atom stereocenters. The molecule has 6 heteroatoms. The van der Waals surface area contributed by atoms with Crippen molar-refractivity contribution in [2.45, 2.75) is 25.3 Å². The molecule has 1 amide bonds. The van der Waals surface area contributed by atoms with Crippen LogP contribution in [0.25, 0.3) is 0 Å². The summed E-state index contributed by atoms with van der Waals surface area (Å²) in [5, 5.41) is 11.4. The number of aromatic nitrogens is 2. The fraction of sp³-hybridized carbons (Fsp3) is 0.400. The maximum absolute atomic E-state index is 11.2. The molecule has 1 aromatic heterocycles. The smallest absolute Gasteiger partial charge is 0.326 e. The van der Waals surface area contributed by atoms with Gasteiger partial charge in [0.2, 0.25) is 5.91 Å². The lowest BCUT2D eigenvalue weighted by Gasteiger charge is -2.13. The fourth-order valence-electron chi connectivity index (χ4n) is 1.84. The number of aryl methyl sites for hydroxylation is 1. The molecule has 1 saturated heterocycles. The Morgan fingerprint density at radius 3 is 3.00 bits per heavy atom. The van der Waals surface area contributed by atoms with Crippen LogP contribution in [0.2, 0.25) is 0 Å². The first-order valence-corrected chi connectivity index (χ1v) is 4.89. The second-order valence-corrected chi connectivity index (χ2v) is 3.72. The lowest BCUT2D eigenvalue weighted by molar-refractivity contribution is -0.140. The Labute approximate surface area is 91.7 Å². The van der Waals surface area contributed by atoms with Crippen LogP contribution in [0, 0.1) is 6.92 Å². The molecule has 2 N–H and O–H groups in total. The van der Waals surface area contributed by atoms with Gasteiger partial charge in [-0.1, -0.05) is 0 Å². The monoisotopic (exact) mass is 221 g/mol. The third-order valence-corrected chi connectivity index (χ3v) is 2.57. The molecule has 0 bridgehead atoms. The van der Waals surface area contributed by atoms with Crippen molar-refractivity contribution in [2.75, 3.05) is 0 Å². The molecule has 84 valence electrons. The maximum Gasteiger partial charge on any atom is 0.326 e. The summed E-state index contributed by atoms with van der Waals surface area (Å²) in [5.74, 6) is -1.13. The molecule has 2 unspecified atom stereocenters. The second-order valence-electron chi connectivity index (χ2n) is 3.72. The van der Waals surface area contributed by atoms with Gasteiger partial charge in [-0.2, -0.15) is 0 Å². The Balaban J connectivity index is 2.32. The van der Waals surface area contributed by atoms with E-state index in [0.717, 1.165) is 0 Å². The van der Waals surface area contributed by atoms with Gasteiger partial charge in [-0.3, -0.25) is 4.79 Å². The van der Waals surface area contributed by atoms with Crippen LogP contribution in [0.4, 0.5) is 0 Å². The third-order valence-electron chi connectivity index (χ3n) is 2.57. The Hall–Kier alpha value is -1.98. The molecule has 1 aliphatic rings. The minimum Gasteiger partial charge on any atom is -0.480 e. The summed E-state index contributed by atoms with van der Waals surface area (Å²) in [5.41, 5.74) is 0.596. The number of rotatable bonds is 2. The van der Waals surface area contributed by atoms with Crippen molar-refractivity contribution in [3.05, 3.63) is 23.8 Å². The van der Waals surface area contributed by atoms with E-state index in [2.05, 4.69) is 15.3 Å². The Morgan fingerprint density at radius 2 is 2.38 bits per heavy atom. The highest BCUT2D eigenvalue weighted by Crippen LogP contribution is 2.26. The van der Waals surface area contributed by atoms with Gasteiger partial charge < -0.3 is 10.4 Å². The first kappa shape index (κ1) is 10.5. The van der Waals surface area contributed by atoms with Crippen LogP contribution in [0.15, 0.2) is 12.3 Å². The summed E-state index contributed by atoms with van der Waals surface area (Å²) in [6.07, 6.45) is 1.73. The van der Waals surface area contributed by atoms with E-state index in [-0.39, 0.29) is 12.3 Å². The Morgan fingerprint density at radius 1 is 1.62 bits per heavy atom. The molecule has 0 radical (unpaired) electrons. The molecule has 0 aromatic carbocycles. The van der Waals surface area contributed by atoms with Crippen LogP contribution < -0.4 is 5.32 Å². The zero-order valence-corrected chi connectivity index (χ0v) is 8.67. The summed E-state index contributed by atoms with van der Waals surface area (Å²) in [6, 6.07) is 0.759. The van der Waals surface area contributed by atoms with Gasteiger partial charge in [0.1, 0.15) is 11.9 Å². The van der Waals surface area contributed by atoms with Gasteiger partial charge in [-0.15, -0.1) is 0 Å². The van der Waals surface area contributed by atoms with E-state index in [1.165, 1.54) is 0 Å². The number of amides is 1. The van der Waals surface area contributed by atoms with Crippen molar-refractivity contribution in [1.82, 2.24) is 15.3 Å². The van der Waals surface area contributed by atoms with Gasteiger partial charge in [-0.05, 0) is 13.0 Å². The van der Waals surface area contributed by atoms with E-state index in [0.29, 0.717) is 11.5 Å². The molecule has 1 fully saturated rings. The lowest BCUT2D eigenvalue weighted by Crippen LogP contribution is -2.36. The normalized spacial score (nSPS) is 24.2. The van der Waals surface area contributed by atoms with Gasteiger partial charge >= 0.3 is 5.97 Å². The summed E-state index contributed by atoms with van der Waals surface area (Å²) >= 11 is 0. The Bertz CT molecular complexity index is 447. The topological polar surface area (TPSA) is 92.2 Å². The average molecular weight is 221 g/mol. The zero-order valence-electron chi connectivity index (χ0n) is 8.67. The van der Waals surface area contributed by atoms with Crippen LogP contribution in [-0.4, -0.2) is 33.0 Å². The van der Waals surface area contributed by atoms with E-state index in [9.17, 15) is 9.59 Å². The molecule has 1 aliphatic heterocycles. The van der Waals surface area contributed by atoms with E-state index < -0.39 is 17.9 Å². The van der Waals surface area contributed by atoms with Gasteiger partial charge in [0.05, 0.1) is 5.69 Å². The van der Waals surface area contributed by atoms with E-state index in [1.54, 1.807) is 19.2 Å². The highest BCUT2D eigenvalue weighted by molar-refractivity contribution is 5.89. The SMILES string of the molecule is Cc1nccc(C2CC(=O)NC2C(=O)O)n1. The third kappa shape index (κ3) is 1.86. The molecule has 0 spiro atoms. The van der Waals surface area contributed by atoms with Crippen LogP contribution in [0.3, 0.4) is 0 Å². The number of hydrogen-bond acceptors (Lipinski definition) is 4. The van der Waals surface area contributed by atoms with Crippen LogP contribution in [-0.2, 0) is 9.59 Å². The maximum atomic E-state index is 11.2. The summed E-state index contributed by atoms with van der Waals surface area (Å²) < 4.78 is 0. The number of carboxylic acids is 1. The summed E-state index contributed by atoms with van der Waals surface area (Å²) in [4.78, 5) is 30.3. The first-order valence-electron chi connectivity index (χ1n) is 4.89. The largest absolute Gasteiger partial charge is 0.480 e. The number of aliphatic carboxylic acids is 1. The van der Waals surface area contributed by atoms with E-state index >= 15 is 0 Å². The van der Waals surface area contributed by atoms with Gasteiger partial charge in [-0.25, -0.2) is 14.8 Å². The van der Waals surface area contributed by atoms with Crippen molar-refractivity contribution in [1.29, 1.82) is 0 Å². The zero-order chi connectivity index (χ0) is 11.7. The predicted molar refractivity (Wildman–Crippen MR) is 53.7 cm³/mol. The first-order chi connectivity index (χ1) is 7.58. The number of nitrogens with zero attached hydrogens (tertiary/aromatic N) is 2. The molecular weight excluding hydrogens is 210 g/mol. The van der Waals surface area contributed by atoms with E-state index in [4.69, 9.17) is 5.11 Å². The molecule has 2 rings (SSSR count). The lowest BCUT2D eigenvalue weighted by atomic mass is 9.96. The standard InChI is InChI=1S/C10H11N3O3/c1-5-11-3-2-7(12-5)6-4-8(14)13-9(6)10(15)16/h2-3,6,9H,4H2,1H3,(H,13,14)(H,15,16). The number of carbonyl (C=O) groups excluding carboxylic acids is 1. The van der Waals surface area contributed by atoms with Gasteiger partial charge in [0.25, 0.3) is 0 Å². The Kier molecular flexibility index (Phi) is 2.55. The quantitative estimate of drug-likeness (QED) is 0.724. The molecule has 16 heavy (non-hydrogen) atoms. The van der Waals surface area contributed by atoms with Crippen molar-refractivity contribution in [3.8, 4) is 0 Å². The summed E-state index contributed by atoms with van der Waals surface area (Å²) in [6.45, 7) is 1.73. The fourth-order valence-corrected chi connectivity index (χ4v) is 1.84. The molecule has 0 saturated carbocycles. The molecule has 0 aliphatic carbocycles. The van der Waals surface area contributed by atoms with Crippen LogP contribution in [0.5, 0.6) is 0 Å². The second kappa shape index (κ2) is 3.88. The van der Waals surface area contributed by atoms with Crippen LogP contribution >= 0.6 is 0 Å². The highest BCUT2D eigenvalue weighted by Gasteiger charge is 2.39. The molecule has 2 heterocycles. The van der Waals surface area contributed by atoms with E-state index in [1.807, 2.05) is 0 Å². The number of hydrogen-bond donors (Lipinski definition) is 2. The van der Waals surface area contributed by atoms with Crippen LogP contribution in [0.1, 0.15) is 23.9 Å². The minimum absolute atomic E-state index is 0.160. The molecular formula is C10H11N3O3. The van der Waals surface area contributed by atoms with Crippen molar-refractivity contribution < 1.29 is 14.7 Å². The number of carboxylic acid groups (broad SMARTS) is 1. The predicted octanol–water partition coefficient (Wildman–Crippen LogP) is -0.158. The summed E-state index contributed by atoms with van der Waals surface area (Å²) in [7, 11) is 0. The number of carbonyl (C=O) groups is 2. The van der Waals surface area contributed by atoms with Crippen molar-refractivity contribution in [3.63, 3.8) is 0 Å².